The lowest BCUT2D eigenvalue weighted by Crippen LogP contribution is -2.32. The van der Waals surface area contributed by atoms with Crippen molar-refractivity contribution in [3.05, 3.63) is 45.7 Å². The lowest BCUT2D eigenvalue weighted by atomic mass is 10.1. The van der Waals surface area contributed by atoms with E-state index in [0.717, 1.165) is 22.0 Å². The highest BCUT2D eigenvalue weighted by molar-refractivity contribution is 5.80. The zero-order valence-electron chi connectivity index (χ0n) is 13.1. The summed E-state index contributed by atoms with van der Waals surface area (Å²) in [5, 5.41) is 3.97. The van der Waals surface area contributed by atoms with Crippen LogP contribution in [0.25, 0.3) is 10.9 Å². The van der Waals surface area contributed by atoms with Crippen LogP contribution in [0.3, 0.4) is 0 Å². The Morgan fingerprint density at radius 2 is 2.14 bits per heavy atom. The fourth-order valence-electron chi connectivity index (χ4n) is 2.84. The average Bonchev–Trinajstić information content (AvgIpc) is 3.31. The minimum Gasteiger partial charge on any atom is -0.356 e. The van der Waals surface area contributed by atoms with Crippen LogP contribution in [-0.4, -0.2) is 17.4 Å². The number of benzene rings is 1. The highest BCUT2D eigenvalue weighted by Gasteiger charge is 2.32. The van der Waals surface area contributed by atoms with Gasteiger partial charge < -0.3 is 10.3 Å². The summed E-state index contributed by atoms with van der Waals surface area (Å²) in [7, 11) is 0. The molecule has 0 aliphatic heterocycles. The average molecular weight is 298 g/mol. The normalized spacial score (nSPS) is 15.7. The van der Waals surface area contributed by atoms with Gasteiger partial charge in [-0.2, -0.15) is 0 Å². The van der Waals surface area contributed by atoms with E-state index in [4.69, 9.17) is 0 Å². The van der Waals surface area contributed by atoms with Crippen molar-refractivity contribution in [3.8, 4) is 0 Å². The second kappa shape index (κ2) is 5.95. The monoisotopic (exact) mass is 298 g/mol. The summed E-state index contributed by atoms with van der Waals surface area (Å²) in [4.78, 5) is 27.0. The van der Waals surface area contributed by atoms with Crippen molar-refractivity contribution in [2.45, 2.75) is 33.1 Å². The molecule has 0 radical (unpaired) electrons. The Morgan fingerprint density at radius 1 is 1.36 bits per heavy atom. The number of nitrogens with one attached hydrogen (secondary N) is 2. The van der Waals surface area contributed by atoms with E-state index in [-0.39, 0.29) is 17.4 Å². The van der Waals surface area contributed by atoms with Gasteiger partial charge in [-0.25, -0.2) is 0 Å². The van der Waals surface area contributed by atoms with Crippen molar-refractivity contribution in [3.63, 3.8) is 0 Å². The van der Waals surface area contributed by atoms with Crippen molar-refractivity contribution in [2.24, 2.45) is 11.8 Å². The molecule has 2 aromatic rings. The molecule has 4 heteroatoms. The number of carbonyl (C=O) groups is 1. The van der Waals surface area contributed by atoms with Gasteiger partial charge in [-0.05, 0) is 55.2 Å². The third-order valence-corrected chi connectivity index (χ3v) is 4.51. The molecule has 1 aliphatic rings. The molecule has 1 atom stereocenters. The minimum atomic E-state index is -0.0670. The summed E-state index contributed by atoms with van der Waals surface area (Å²) < 4.78 is 0. The van der Waals surface area contributed by atoms with Crippen LogP contribution in [0.4, 0.5) is 0 Å². The summed E-state index contributed by atoms with van der Waals surface area (Å²) in [6.45, 7) is 4.50. The fraction of sp³-hybridized carbons (Fsp3) is 0.444. The van der Waals surface area contributed by atoms with Crippen LogP contribution < -0.4 is 10.9 Å². The second-order valence-electron chi connectivity index (χ2n) is 6.38. The van der Waals surface area contributed by atoms with Gasteiger partial charge in [-0.15, -0.1) is 0 Å². The van der Waals surface area contributed by atoms with Crippen LogP contribution in [-0.2, 0) is 11.2 Å². The van der Waals surface area contributed by atoms with Crippen molar-refractivity contribution >= 4 is 16.8 Å². The first-order chi connectivity index (χ1) is 10.5. The maximum absolute atomic E-state index is 12.1. The number of carbonyl (C=O) groups excluding carboxylic acids is 1. The number of hydrogen-bond donors (Lipinski definition) is 2. The first kappa shape index (κ1) is 14.8. The van der Waals surface area contributed by atoms with Gasteiger partial charge in [0.05, 0.1) is 0 Å². The Labute approximate surface area is 129 Å². The molecule has 1 amide bonds. The number of amides is 1. The molecular weight excluding hydrogens is 276 g/mol. The molecule has 1 aromatic carbocycles. The molecule has 1 aromatic heterocycles. The van der Waals surface area contributed by atoms with Crippen LogP contribution in [0.1, 0.15) is 30.9 Å². The van der Waals surface area contributed by atoms with E-state index < -0.39 is 0 Å². The third kappa shape index (κ3) is 3.21. The summed E-state index contributed by atoms with van der Waals surface area (Å²) in [5.74, 6) is 0.764. The van der Waals surface area contributed by atoms with Gasteiger partial charge >= 0.3 is 0 Å². The fourth-order valence-corrected chi connectivity index (χ4v) is 2.84. The van der Waals surface area contributed by atoms with E-state index in [0.29, 0.717) is 18.9 Å². The standard InChI is InChI=1S/C18H22N2O2/c1-11-3-4-14-10-15(18(22)20-16(14)9-11)7-8-19-17(21)12(2)13-5-6-13/h3-4,9-10,12-13H,5-8H2,1-2H3,(H,19,21)(H,20,22). The van der Waals surface area contributed by atoms with Gasteiger partial charge in [0.2, 0.25) is 5.91 Å². The Bertz CT molecular complexity index is 759. The third-order valence-electron chi connectivity index (χ3n) is 4.51. The molecule has 116 valence electrons. The van der Waals surface area contributed by atoms with Crippen molar-refractivity contribution < 1.29 is 4.79 Å². The molecule has 0 bridgehead atoms. The second-order valence-corrected chi connectivity index (χ2v) is 6.38. The molecule has 22 heavy (non-hydrogen) atoms. The number of rotatable bonds is 5. The quantitative estimate of drug-likeness (QED) is 0.891. The van der Waals surface area contributed by atoms with Crippen LogP contribution in [0.2, 0.25) is 0 Å². The predicted molar refractivity (Wildman–Crippen MR) is 87.9 cm³/mol. The van der Waals surface area contributed by atoms with Gasteiger partial charge in [-0.3, -0.25) is 9.59 Å². The molecular formula is C18H22N2O2. The van der Waals surface area contributed by atoms with Crippen molar-refractivity contribution in [1.29, 1.82) is 0 Å². The molecule has 1 fully saturated rings. The van der Waals surface area contributed by atoms with Crippen LogP contribution in [0.15, 0.2) is 29.1 Å². The van der Waals surface area contributed by atoms with Crippen molar-refractivity contribution in [1.82, 2.24) is 10.3 Å². The van der Waals surface area contributed by atoms with E-state index in [1.54, 1.807) is 0 Å². The SMILES string of the molecule is Cc1ccc2cc(CCNC(=O)C(C)C3CC3)c(=O)[nH]c2c1. The number of H-pyrrole nitrogens is 1. The highest BCUT2D eigenvalue weighted by atomic mass is 16.2. The van der Waals surface area contributed by atoms with Gasteiger partial charge in [0.1, 0.15) is 0 Å². The molecule has 4 nitrogen and oxygen atoms in total. The summed E-state index contributed by atoms with van der Waals surface area (Å²) in [6.07, 6.45) is 2.89. The number of pyridine rings is 1. The molecule has 0 spiro atoms. The molecule has 2 N–H and O–H groups in total. The van der Waals surface area contributed by atoms with Gasteiger partial charge in [-0.1, -0.05) is 19.1 Å². The van der Waals surface area contributed by atoms with E-state index in [1.165, 1.54) is 12.8 Å². The Kier molecular flexibility index (Phi) is 4.01. The largest absolute Gasteiger partial charge is 0.356 e. The lowest BCUT2D eigenvalue weighted by Gasteiger charge is -2.11. The maximum Gasteiger partial charge on any atom is 0.251 e. The first-order valence-corrected chi connectivity index (χ1v) is 7.95. The minimum absolute atomic E-state index is 0.0670. The molecule has 3 rings (SSSR count). The number of aromatic amines is 1. The van der Waals surface area contributed by atoms with E-state index in [9.17, 15) is 9.59 Å². The van der Waals surface area contributed by atoms with E-state index in [2.05, 4.69) is 10.3 Å². The number of hydrogen-bond acceptors (Lipinski definition) is 2. The molecule has 0 saturated heterocycles. The van der Waals surface area contributed by atoms with E-state index >= 15 is 0 Å². The Balaban J connectivity index is 1.66. The van der Waals surface area contributed by atoms with Gasteiger partial charge in [0, 0.05) is 23.5 Å². The smallest absolute Gasteiger partial charge is 0.251 e. The highest BCUT2D eigenvalue weighted by Crippen LogP contribution is 2.36. The van der Waals surface area contributed by atoms with Crippen LogP contribution in [0.5, 0.6) is 0 Å². The van der Waals surface area contributed by atoms with E-state index in [1.807, 2.05) is 38.1 Å². The number of aromatic nitrogens is 1. The van der Waals surface area contributed by atoms with Gasteiger partial charge in [0.15, 0.2) is 0 Å². The zero-order valence-corrected chi connectivity index (χ0v) is 13.1. The first-order valence-electron chi connectivity index (χ1n) is 7.95. The molecule has 1 unspecified atom stereocenters. The number of aryl methyl sites for hydroxylation is 1. The van der Waals surface area contributed by atoms with Crippen molar-refractivity contribution in [2.75, 3.05) is 6.54 Å². The maximum atomic E-state index is 12.1. The number of fused-ring (bicyclic) bond motifs is 1. The molecule has 1 aliphatic carbocycles. The Hall–Kier alpha value is -2.10. The lowest BCUT2D eigenvalue weighted by molar-refractivity contribution is -0.125. The summed E-state index contributed by atoms with van der Waals surface area (Å²) >= 11 is 0. The molecule has 1 saturated carbocycles. The van der Waals surface area contributed by atoms with Crippen LogP contribution >= 0.6 is 0 Å². The summed E-state index contributed by atoms with van der Waals surface area (Å²) in [5.41, 5.74) is 2.63. The topological polar surface area (TPSA) is 62.0 Å². The molecule has 1 heterocycles. The summed E-state index contributed by atoms with van der Waals surface area (Å²) in [6, 6.07) is 7.94. The van der Waals surface area contributed by atoms with Gasteiger partial charge in [0.25, 0.3) is 5.56 Å². The Morgan fingerprint density at radius 3 is 2.86 bits per heavy atom. The van der Waals surface area contributed by atoms with Crippen LogP contribution in [0, 0.1) is 18.8 Å². The zero-order chi connectivity index (χ0) is 15.7. The predicted octanol–water partition coefficient (Wildman–Crippen LogP) is 2.54.